The molecule has 0 saturated carbocycles. The quantitative estimate of drug-likeness (QED) is 0.759. The number of hydrogen-bond donors (Lipinski definition) is 0. The molecule has 0 aliphatic heterocycles. The van der Waals surface area contributed by atoms with E-state index in [0.29, 0.717) is 0 Å². The molecule has 0 aliphatic carbocycles. The minimum atomic E-state index is -0.612. The minimum Gasteiger partial charge on any atom is -0.478 e. The molecule has 0 saturated heterocycles. The van der Waals surface area contributed by atoms with Crippen molar-refractivity contribution in [2.24, 2.45) is 0 Å². The highest BCUT2D eigenvalue weighted by Gasteiger charge is 2.11. The van der Waals surface area contributed by atoms with Gasteiger partial charge in [-0.2, -0.15) is 5.26 Å². The number of hydrogen-bond acceptors (Lipinski definition) is 2. The molecule has 1 rings (SSSR count). The summed E-state index contributed by atoms with van der Waals surface area (Å²) < 4.78 is 18.4. The second-order valence-electron chi connectivity index (χ2n) is 2.34. The van der Waals surface area contributed by atoms with Gasteiger partial charge in [-0.15, -0.1) is 6.42 Å². The van der Waals surface area contributed by atoms with Crippen molar-refractivity contribution in [2.45, 2.75) is 0 Å². The molecule has 0 aromatic heterocycles. The summed E-state index contributed by atoms with van der Waals surface area (Å²) in [5.41, 5.74) is 0.218. The van der Waals surface area contributed by atoms with E-state index >= 15 is 0 Å². The maximum absolute atomic E-state index is 13.4. The molecule has 70 valence electrons. The summed E-state index contributed by atoms with van der Waals surface area (Å²) in [6.07, 6.45) is 4.96. The highest BCUT2D eigenvalue weighted by atomic mass is 79.9. The smallest absolute Gasteiger partial charge is 0.180 e. The molecule has 0 amide bonds. The van der Waals surface area contributed by atoms with Gasteiger partial charge in [0.25, 0.3) is 0 Å². The Balaban J connectivity index is 3.07. The molecule has 14 heavy (non-hydrogen) atoms. The zero-order chi connectivity index (χ0) is 10.6. The van der Waals surface area contributed by atoms with Crippen molar-refractivity contribution in [1.29, 1.82) is 5.26 Å². The van der Waals surface area contributed by atoms with Crippen molar-refractivity contribution in [1.82, 2.24) is 0 Å². The van der Waals surface area contributed by atoms with Gasteiger partial charge in [-0.1, -0.05) is 5.92 Å². The van der Waals surface area contributed by atoms with Gasteiger partial charge in [0.2, 0.25) is 0 Å². The van der Waals surface area contributed by atoms with Crippen LogP contribution in [-0.2, 0) is 0 Å². The maximum Gasteiger partial charge on any atom is 0.180 e. The third-order valence-electron chi connectivity index (χ3n) is 1.48. The van der Waals surface area contributed by atoms with E-state index in [1.54, 1.807) is 0 Å². The lowest BCUT2D eigenvalue weighted by atomic mass is 10.2. The van der Waals surface area contributed by atoms with E-state index in [9.17, 15) is 4.39 Å². The van der Waals surface area contributed by atoms with E-state index in [2.05, 4.69) is 21.9 Å². The molecule has 0 unspecified atom stereocenters. The van der Waals surface area contributed by atoms with Crippen molar-refractivity contribution in [2.75, 3.05) is 6.61 Å². The Bertz CT molecular complexity index is 431. The van der Waals surface area contributed by atoms with Crippen LogP contribution in [0.3, 0.4) is 0 Å². The molecule has 0 aliphatic rings. The van der Waals surface area contributed by atoms with Crippen LogP contribution in [0.2, 0.25) is 0 Å². The number of benzene rings is 1. The van der Waals surface area contributed by atoms with Gasteiger partial charge in [0.05, 0.1) is 10.0 Å². The highest BCUT2D eigenvalue weighted by Crippen LogP contribution is 2.27. The second-order valence-corrected chi connectivity index (χ2v) is 3.14. The van der Waals surface area contributed by atoms with Gasteiger partial charge in [0.15, 0.2) is 11.6 Å². The maximum atomic E-state index is 13.4. The minimum absolute atomic E-state index is 0.00470. The summed E-state index contributed by atoms with van der Waals surface area (Å²) in [5, 5.41) is 8.59. The third kappa shape index (κ3) is 2.04. The molecule has 2 nitrogen and oxygen atoms in total. The first-order valence-corrected chi connectivity index (χ1v) is 4.44. The van der Waals surface area contributed by atoms with Crippen LogP contribution in [-0.4, -0.2) is 6.61 Å². The summed E-state index contributed by atoms with van der Waals surface area (Å²) in [7, 11) is 0. The number of terminal acetylenes is 1. The van der Waals surface area contributed by atoms with Crippen LogP contribution in [0.15, 0.2) is 16.6 Å². The van der Waals surface area contributed by atoms with E-state index < -0.39 is 5.82 Å². The van der Waals surface area contributed by atoms with E-state index in [4.69, 9.17) is 16.4 Å². The lowest BCUT2D eigenvalue weighted by Gasteiger charge is -2.05. The van der Waals surface area contributed by atoms with E-state index in [1.165, 1.54) is 12.1 Å². The molecule has 0 atom stereocenters. The molecule has 0 N–H and O–H groups in total. The molecule has 0 fully saturated rings. The molecule has 0 spiro atoms. The fraction of sp³-hybridized carbons (Fsp3) is 0.100. The van der Waals surface area contributed by atoms with Gasteiger partial charge >= 0.3 is 0 Å². The average Bonchev–Trinajstić information content (AvgIpc) is 2.20. The SMILES string of the molecule is C#CCOc1ccc(C#N)c(Br)c1F. The average molecular weight is 254 g/mol. The van der Waals surface area contributed by atoms with Crippen molar-refractivity contribution >= 4 is 15.9 Å². The molecular weight excluding hydrogens is 249 g/mol. The Kier molecular flexibility index (Phi) is 3.50. The van der Waals surface area contributed by atoms with Gasteiger partial charge in [-0.05, 0) is 28.1 Å². The third-order valence-corrected chi connectivity index (χ3v) is 2.25. The number of nitriles is 1. The Morgan fingerprint density at radius 1 is 1.57 bits per heavy atom. The van der Waals surface area contributed by atoms with Gasteiger partial charge in [-0.25, -0.2) is 4.39 Å². The van der Waals surface area contributed by atoms with Crippen molar-refractivity contribution < 1.29 is 9.13 Å². The number of ether oxygens (including phenoxy) is 1. The topological polar surface area (TPSA) is 33.0 Å². The first kappa shape index (κ1) is 10.6. The first-order chi connectivity index (χ1) is 6.70. The van der Waals surface area contributed by atoms with E-state index in [0.717, 1.165) is 0 Å². The predicted molar refractivity (Wildman–Crippen MR) is 53.1 cm³/mol. The van der Waals surface area contributed by atoms with Gasteiger partial charge in [0.1, 0.15) is 12.7 Å². The molecule has 1 aromatic rings. The van der Waals surface area contributed by atoms with Crippen molar-refractivity contribution in [3.63, 3.8) is 0 Å². The molecule has 0 heterocycles. The fourth-order valence-corrected chi connectivity index (χ4v) is 1.27. The predicted octanol–water partition coefficient (Wildman–Crippen LogP) is 2.47. The fourth-order valence-electron chi connectivity index (χ4n) is 0.849. The number of halogens is 2. The van der Waals surface area contributed by atoms with Gasteiger partial charge in [-0.3, -0.25) is 0 Å². The van der Waals surface area contributed by atoms with E-state index in [-0.39, 0.29) is 22.4 Å². The van der Waals surface area contributed by atoms with Crippen LogP contribution in [0.4, 0.5) is 4.39 Å². The second kappa shape index (κ2) is 4.64. The summed E-state index contributed by atoms with van der Waals surface area (Å²) in [6.45, 7) is -0.00470. The molecule has 0 bridgehead atoms. The number of rotatable bonds is 2. The Hall–Kier alpha value is -1.52. The van der Waals surface area contributed by atoms with Crippen LogP contribution >= 0.6 is 15.9 Å². The normalized spacial score (nSPS) is 8.86. The molecular formula is C10H5BrFNO. The van der Waals surface area contributed by atoms with E-state index in [1.807, 2.05) is 6.07 Å². The Morgan fingerprint density at radius 2 is 2.29 bits per heavy atom. The zero-order valence-corrected chi connectivity index (χ0v) is 8.64. The lowest BCUT2D eigenvalue weighted by Crippen LogP contribution is -1.97. The van der Waals surface area contributed by atoms with Crippen LogP contribution in [0.1, 0.15) is 5.56 Å². The monoisotopic (exact) mass is 253 g/mol. The largest absolute Gasteiger partial charge is 0.478 e. The standard InChI is InChI=1S/C10H5BrFNO/c1-2-5-14-8-4-3-7(6-13)9(11)10(8)12/h1,3-4H,5H2. The summed E-state index contributed by atoms with van der Waals surface area (Å²) in [4.78, 5) is 0. The lowest BCUT2D eigenvalue weighted by molar-refractivity contribution is 0.347. The number of nitrogens with zero attached hydrogens (tertiary/aromatic N) is 1. The Labute approximate surface area is 89.4 Å². The van der Waals surface area contributed by atoms with Crippen molar-refractivity contribution in [3.8, 4) is 24.2 Å². The van der Waals surface area contributed by atoms with Crippen LogP contribution in [0, 0.1) is 29.5 Å². The molecule has 1 aromatic carbocycles. The summed E-state index contributed by atoms with van der Waals surface area (Å²) in [5.74, 6) is 1.65. The summed E-state index contributed by atoms with van der Waals surface area (Å²) in [6, 6.07) is 4.67. The zero-order valence-electron chi connectivity index (χ0n) is 7.05. The Morgan fingerprint density at radius 3 is 2.86 bits per heavy atom. The van der Waals surface area contributed by atoms with Crippen molar-refractivity contribution in [3.05, 3.63) is 28.0 Å². The summed E-state index contributed by atoms with van der Waals surface area (Å²) >= 11 is 2.95. The van der Waals surface area contributed by atoms with Crippen LogP contribution in [0.5, 0.6) is 5.75 Å². The van der Waals surface area contributed by atoms with Gasteiger partial charge < -0.3 is 4.74 Å². The molecule has 4 heteroatoms. The van der Waals surface area contributed by atoms with Crippen LogP contribution < -0.4 is 4.74 Å². The van der Waals surface area contributed by atoms with Crippen LogP contribution in [0.25, 0.3) is 0 Å². The highest BCUT2D eigenvalue weighted by molar-refractivity contribution is 9.10. The van der Waals surface area contributed by atoms with Gasteiger partial charge in [0, 0.05) is 0 Å². The molecule has 0 radical (unpaired) electrons. The first-order valence-electron chi connectivity index (χ1n) is 3.65.